The minimum Gasteiger partial charge on any atom is -0.388 e. The van der Waals surface area contributed by atoms with Crippen LogP contribution in [0.1, 0.15) is 18.6 Å². The van der Waals surface area contributed by atoms with Gasteiger partial charge >= 0.3 is 0 Å². The second kappa shape index (κ2) is 9.79. The van der Waals surface area contributed by atoms with E-state index in [0.29, 0.717) is 28.1 Å². The number of hydrogen-bond acceptors (Lipinski definition) is 4. The molecule has 0 saturated carbocycles. The summed E-state index contributed by atoms with van der Waals surface area (Å²) in [6, 6.07) is 15.7. The highest BCUT2D eigenvalue weighted by molar-refractivity contribution is 8.00. The summed E-state index contributed by atoms with van der Waals surface area (Å²) in [6.45, 7) is 1.72. The van der Waals surface area contributed by atoms with Gasteiger partial charge in [0.2, 0.25) is 5.91 Å². The molecule has 2 unspecified atom stereocenters. The van der Waals surface area contributed by atoms with Crippen LogP contribution in [0.3, 0.4) is 0 Å². The first kappa shape index (κ1) is 19.8. The molecule has 0 fully saturated rings. The number of carbonyl (C=O) groups excluding carboxylic acids is 1. The van der Waals surface area contributed by atoms with Gasteiger partial charge in [0.1, 0.15) is 0 Å². The molecule has 2 N–H and O–H groups in total. The zero-order valence-corrected chi connectivity index (χ0v) is 15.2. The second-order valence-electron chi connectivity index (χ2n) is 5.27. The van der Waals surface area contributed by atoms with Crippen molar-refractivity contribution in [1.82, 2.24) is 0 Å². The quantitative estimate of drug-likeness (QED) is 0.643. The maximum Gasteiger partial charge on any atom is 0.288 e. The lowest BCUT2D eigenvalue weighted by atomic mass is 10.1. The molecule has 2 rings (SSSR count). The summed E-state index contributed by atoms with van der Waals surface area (Å²) in [5, 5.41) is 12.4. The van der Waals surface area contributed by atoms with Gasteiger partial charge in [0.15, 0.2) is 0 Å². The minimum absolute atomic E-state index is 0.285. The molecule has 25 heavy (non-hydrogen) atoms. The Morgan fingerprint density at radius 2 is 1.76 bits per heavy atom. The van der Waals surface area contributed by atoms with Crippen LogP contribution in [0, 0.1) is 0 Å². The third kappa shape index (κ3) is 6.34. The van der Waals surface area contributed by atoms with Crippen LogP contribution in [0.4, 0.5) is 14.5 Å². The lowest BCUT2D eigenvalue weighted by Gasteiger charge is -2.16. The van der Waals surface area contributed by atoms with Gasteiger partial charge in [-0.2, -0.15) is 8.78 Å². The number of thioether (sulfide) groups is 2. The number of hydrogen-bond donors (Lipinski definition) is 2. The van der Waals surface area contributed by atoms with E-state index >= 15 is 0 Å². The van der Waals surface area contributed by atoms with Crippen molar-refractivity contribution in [3.63, 3.8) is 0 Å². The average Bonchev–Trinajstić information content (AvgIpc) is 2.61. The van der Waals surface area contributed by atoms with Crippen molar-refractivity contribution in [2.24, 2.45) is 0 Å². The lowest BCUT2D eigenvalue weighted by molar-refractivity contribution is -0.115. The third-order valence-electron chi connectivity index (χ3n) is 3.42. The smallest absolute Gasteiger partial charge is 0.288 e. The number of amides is 1. The SMILES string of the molecule is CC(SCC(O)c1ccccc1)C(=O)Nc1ccccc1SC(F)F. The Morgan fingerprint density at radius 3 is 2.44 bits per heavy atom. The first-order valence-corrected chi connectivity index (χ1v) is 9.59. The molecule has 0 heterocycles. The van der Waals surface area contributed by atoms with E-state index in [2.05, 4.69) is 5.32 Å². The minimum atomic E-state index is -2.55. The molecule has 0 bridgehead atoms. The predicted octanol–water partition coefficient (Wildman–Crippen LogP) is 4.80. The number of anilines is 1. The van der Waals surface area contributed by atoms with Crippen molar-refractivity contribution in [3.8, 4) is 0 Å². The Balaban J connectivity index is 1.90. The van der Waals surface area contributed by atoms with E-state index in [0.717, 1.165) is 5.56 Å². The Hall–Kier alpha value is -1.57. The third-order valence-corrected chi connectivity index (χ3v) is 5.43. The Labute approximate surface area is 154 Å². The van der Waals surface area contributed by atoms with E-state index in [1.165, 1.54) is 11.8 Å². The number of alkyl halides is 2. The summed E-state index contributed by atoms with van der Waals surface area (Å²) >= 11 is 1.71. The molecule has 0 radical (unpaired) electrons. The van der Waals surface area contributed by atoms with Crippen molar-refractivity contribution in [2.45, 2.75) is 28.9 Å². The van der Waals surface area contributed by atoms with Crippen LogP contribution in [0.25, 0.3) is 0 Å². The van der Waals surface area contributed by atoms with Gasteiger partial charge in [0.25, 0.3) is 5.76 Å². The number of aliphatic hydroxyl groups excluding tert-OH is 1. The lowest BCUT2D eigenvalue weighted by Crippen LogP contribution is -2.23. The molecule has 2 aromatic rings. The van der Waals surface area contributed by atoms with Crippen LogP contribution in [0.5, 0.6) is 0 Å². The van der Waals surface area contributed by atoms with Crippen LogP contribution < -0.4 is 5.32 Å². The number of carbonyl (C=O) groups is 1. The van der Waals surface area contributed by atoms with Gasteiger partial charge in [-0.25, -0.2) is 0 Å². The van der Waals surface area contributed by atoms with Crippen molar-refractivity contribution in [1.29, 1.82) is 0 Å². The number of benzene rings is 2. The number of para-hydroxylation sites is 1. The van der Waals surface area contributed by atoms with E-state index in [9.17, 15) is 18.7 Å². The standard InChI is InChI=1S/C18H19F2NO2S2/c1-12(24-11-15(22)13-7-3-2-4-8-13)17(23)21-14-9-5-6-10-16(14)25-18(19)20/h2-10,12,15,18,22H,11H2,1H3,(H,21,23). The maximum atomic E-state index is 12.6. The highest BCUT2D eigenvalue weighted by atomic mass is 32.2. The maximum absolute atomic E-state index is 12.6. The largest absolute Gasteiger partial charge is 0.388 e. The highest BCUT2D eigenvalue weighted by Gasteiger charge is 2.18. The van der Waals surface area contributed by atoms with Crippen LogP contribution in [0.15, 0.2) is 59.5 Å². The van der Waals surface area contributed by atoms with E-state index in [4.69, 9.17) is 0 Å². The number of rotatable bonds is 8. The Morgan fingerprint density at radius 1 is 1.12 bits per heavy atom. The van der Waals surface area contributed by atoms with Crippen molar-refractivity contribution in [3.05, 3.63) is 60.2 Å². The van der Waals surface area contributed by atoms with Crippen molar-refractivity contribution in [2.75, 3.05) is 11.1 Å². The fraction of sp³-hybridized carbons (Fsp3) is 0.278. The molecule has 0 saturated heterocycles. The van der Waals surface area contributed by atoms with Gasteiger partial charge in [-0.15, -0.1) is 11.8 Å². The van der Waals surface area contributed by atoms with Crippen LogP contribution >= 0.6 is 23.5 Å². The summed E-state index contributed by atoms with van der Waals surface area (Å²) in [4.78, 5) is 12.6. The van der Waals surface area contributed by atoms with Gasteiger partial charge in [-0.1, -0.05) is 54.2 Å². The molecule has 7 heteroatoms. The van der Waals surface area contributed by atoms with E-state index in [-0.39, 0.29) is 5.91 Å². The second-order valence-corrected chi connectivity index (χ2v) is 7.67. The number of halogens is 2. The van der Waals surface area contributed by atoms with Gasteiger partial charge in [0, 0.05) is 10.6 Å². The zero-order valence-electron chi connectivity index (χ0n) is 13.6. The van der Waals surface area contributed by atoms with E-state index in [1.54, 1.807) is 31.2 Å². The van der Waals surface area contributed by atoms with Crippen molar-refractivity contribution < 1.29 is 18.7 Å². The van der Waals surface area contributed by atoms with Crippen LogP contribution in [-0.2, 0) is 4.79 Å². The molecular formula is C18H19F2NO2S2. The molecule has 0 aromatic heterocycles. The fourth-order valence-electron chi connectivity index (χ4n) is 2.09. The molecule has 0 aliphatic carbocycles. The van der Waals surface area contributed by atoms with Crippen LogP contribution in [0.2, 0.25) is 0 Å². The van der Waals surface area contributed by atoms with Gasteiger partial charge in [0.05, 0.1) is 17.0 Å². The fourth-order valence-corrected chi connectivity index (χ4v) is 3.55. The summed E-state index contributed by atoms with van der Waals surface area (Å²) in [5.41, 5.74) is 1.16. The molecular weight excluding hydrogens is 364 g/mol. The summed E-state index contributed by atoms with van der Waals surface area (Å²) in [6.07, 6.45) is -0.664. The molecule has 0 aliphatic heterocycles. The summed E-state index contributed by atoms with van der Waals surface area (Å²) < 4.78 is 25.2. The highest BCUT2D eigenvalue weighted by Crippen LogP contribution is 2.32. The zero-order chi connectivity index (χ0) is 18.2. The van der Waals surface area contributed by atoms with Gasteiger partial charge in [-0.05, 0) is 24.6 Å². The molecule has 134 valence electrons. The Bertz CT molecular complexity index is 686. The summed E-state index contributed by atoms with van der Waals surface area (Å²) in [7, 11) is 0. The average molecular weight is 383 g/mol. The molecule has 2 aromatic carbocycles. The van der Waals surface area contributed by atoms with Crippen LogP contribution in [-0.4, -0.2) is 27.8 Å². The topological polar surface area (TPSA) is 49.3 Å². The Kier molecular flexibility index (Phi) is 7.74. The van der Waals surface area contributed by atoms with E-state index < -0.39 is 17.1 Å². The number of aliphatic hydroxyl groups is 1. The molecule has 0 aliphatic rings. The molecule has 3 nitrogen and oxygen atoms in total. The van der Waals surface area contributed by atoms with Crippen molar-refractivity contribution >= 4 is 35.1 Å². The molecule has 1 amide bonds. The predicted molar refractivity (Wildman–Crippen MR) is 100 cm³/mol. The number of nitrogens with one attached hydrogen (secondary N) is 1. The normalized spacial score (nSPS) is 13.5. The monoisotopic (exact) mass is 383 g/mol. The van der Waals surface area contributed by atoms with Gasteiger partial charge in [-0.3, -0.25) is 4.79 Å². The van der Waals surface area contributed by atoms with E-state index in [1.807, 2.05) is 30.3 Å². The van der Waals surface area contributed by atoms with Gasteiger partial charge < -0.3 is 10.4 Å². The first-order valence-electron chi connectivity index (χ1n) is 7.66. The summed E-state index contributed by atoms with van der Waals surface area (Å²) in [5.74, 6) is -2.47. The first-order chi connectivity index (χ1) is 12.0. The molecule has 2 atom stereocenters. The molecule has 0 spiro atoms.